The molecule has 0 heterocycles. The molecular weight excluding hydrogens is 206 g/mol. The van der Waals surface area contributed by atoms with Crippen molar-refractivity contribution in [3.63, 3.8) is 0 Å². The molecular formula is C16H27N. The predicted octanol–water partition coefficient (Wildman–Crippen LogP) is 4.10. The minimum absolute atomic E-state index is 0.586. The second-order valence-corrected chi connectivity index (χ2v) is 5.59. The van der Waals surface area contributed by atoms with Gasteiger partial charge in [-0.3, -0.25) is 0 Å². The maximum Gasteiger partial charge on any atom is 0.00103 e. The molecule has 96 valence electrons. The van der Waals surface area contributed by atoms with E-state index in [-0.39, 0.29) is 0 Å². The Kier molecular flexibility index (Phi) is 5.20. The molecule has 0 spiro atoms. The normalized spacial score (nSPS) is 13.1. The van der Waals surface area contributed by atoms with Crippen molar-refractivity contribution in [2.75, 3.05) is 6.54 Å². The van der Waals surface area contributed by atoms with Gasteiger partial charge in [0.1, 0.15) is 0 Å². The molecule has 1 N–H and O–H groups in total. The molecule has 0 saturated heterocycles. The highest BCUT2D eigenvalue weighted by atomic mass is 14.9. The van der Waals surface area contributed by atoms with Crippen molar-refractivity contribution in [1.29, 1.82) is 0 Å². The van der Waals surface area contributed by atoms with Crippen LogP contribution in [0.2, 0.25) is 0 Å². The largest absolute Gasteiger partial charge is 0.315 e. The summed E-state index contributed by atoms with van der Waals surface area (Å²) in [6, 6.07) is 5.27. The Labute approximate surface area is 107 Å². The molecule has 0 aliphatic heterocycles. The topological polar surface area (TPSA) is 12.0 Å². The average Bonchev–Trinajstić information content (AvgIpc) is 2.22. The molecule has 0 radical (unpaired) electrons. The minimum atomic E-state index is 0.586. The van der Waals surface area contributed by atoms with Crippen molar-refractivity contribution in [1.82, 2.24) is 5.32 Å². The van der Waals surface area contributed by atoms with E-state index >= 15 is 0 Å². The van der Waals surface area contributed by atoms with E-state index in [1.54, 1.807) is 0 Å². The molecule has 1 nitrogen and oxygen atoms in total. The summed E-state index contributed by atoms with van der Waals surface area (Å²) in [5, 5.41) is 3.49. The number of nitrogens with one attached hydrogen (secondary N) is 1. The zero-order valence-corrected chi connectivity index (χ0v) is 12.2. The zero-order chi connectivity index (χ0) is 13.0. The highest BCUT2D eigenvalue weighted by Crippen LogP contribution is 2.25. The third kappa shape index (κ3) is 4.16. The fourth-order valence-electron chi connectivity index (χ4n) is 2.26. The number of aryl methyl sites for hydroxylation is 3. The van der Waals surface area contributed by atoms with Gasteiger partial charge in [-0.2, -0.15) is 0 Å². The summed E-state index contributed by atoms with van der Waals surface area (Å²) >= 11 is 0. The second kappa shape index (κ2) is 6.20. The monoisotopic (exact) mass is 233 g/mol. The van der Waals surface area contributed by atoms with E-state index in [0.717, 1.165) is 6.54 Å². The molecule has 1 unspecified atom stereocenters. The number of hydrogen-bond donors (Lipinski definition) is 1. The van der Waals surface area contributed by atoms with E-state index in [1.807, 2.05) is 0 Å². The van der Waals surface area contributed by atoms with Gasteiger partial charge in [0.15, 0.2) is 0 Å². The molecule has 0 bridgehead atoms. The minimum Gasteiger partial charge on any atom is -0.315 e. The Hall–Kier alpha value is -0.820. The van der Waals surface area contributed by atoms with Crippen molar-refractivity contribution in [2.24, 2.45) is 0 Å². The first-order valence-electron chi connectivity index (χ1n) is 6.73. The summed E-state index contributed by atoms with van der Waals surface area (Å²) in [7, 11) is 0. The highest BCUT2D eigenvalue weighted by molar-refractivity contribution is 5.38. The van der Waals surface area contributed by atoms with Crippen LogP contribution < -0.4 is 5.32 Å². The Balaban J connectivity index is 2.68. The smallest absolute Gasteiger partial charge is 0.00103 e. The summed E-state index contributed by atoms with van der Waals surface area (Å²) < 4.78 is 0. The van der Waals surface area contributed by atoms with E-state index in [9.17, 15) is 0 Å². The van der Waals surface area contributed by atoms with Gasteiger partial charge in [0.25, 0.3) is 0 Å². The van der Waals surface area contributed by atoms with Crippen molar-refractivity contribution >= 4 is 0 Å². The summed E-state index contributed by atoms with van der Waals surface area (Å²) in [6.07, 6.45) is 1.21. The molecule has 1 aromatic carbocycles. The lowest BCUT2D eigenvalue weighted by molar-refractivity contribution is 0.540. The fraction of sp³-hybridized carbons (Fsp3) is 0.625. The Morgan fingerprint density at radius 2 is 1.53 bits per heavy atom. The standard InChI is InChI=1S/C16H27N/c1-11(2)17-8-7-12(3)16-10-14(5)13(4)9-15(16)6/h9-12,17H,7-8H2,1-6H3. The first-order chi connectivity index (χ1) is 7.91. The summed E-state index contributed by atoms with van der Waals surface area (Å²) in [4.78, 5) is 0. The number of rotatable bonds is 5. The average molecular weight is 233 g/mol. The number of benzene rings is 1. The van der Waals surface area contributed by atoms with Gasteiger partial charge < -0.3 is 5.32 Å². The van der Waals surface area contributed by atoms with Crippen LogP contribution in [0.5, 0.6) is 0 Å². The SMILES string of the molecule is Cc1cc(C)c(C(C)CCNC(C)C)cc1C. The molecule has 0 fully saturated rings. The van der Waals surface area contributed by atoms with Gasteiger partial charge in [-0.15, -0.1) is 0 Å². The van der Waals surface area contributed by atoms with Gasteiger partial charge in [0, 0.05) is 6.04 Å². The van der Waals surface area contributed by atoms with Crippen LogP contribution in [-0.2, 0) is 0 Å². The first kappa shape index (κ1) is 14.2. The third-order valence-electron chi connectivity index (χ3n) is 3.54. The van der Waals surface area contributed by atoms with Gasteiger partial charge >= 0.3 is 0 Å². The third-order valence-corrected chi connectivity index (χ3v) is 3.54. The van der Waals surface area contributed by atoms with E-state index in [1.165, 1.54) is 28.7 Å². The van der Waals surface area contributed by atoms with Gasteiger partial charge in [-0.1, -0.05) is 32.9 Å². The maximum atomic E-state index is 3.49. The van der Waals surface area contributed by atoms with Crippen LogP contribution in [0.3, 0.4) is 0 Å². The van der Waals surface area contributed by atoms with Crippen LogP contribution in [-0.4, -0.2) is 12.6 Å². The lowest BCUT2D eigenvalue weighted by atomic mass is 9.90. The van der Waals surface area contributed by atoms with E-state index in [4.69, 9.17) is 0 Å². The molecule has 0 saturated carbocycles. The fourth-order valence-corrected chi connectivity index (χ4v) is 2.26. The van der Waals surface area contributed by atoms with Crippen molar-refractivity contribution in [3.05, 3.63) is 34.4 Å². The number of hydrogen-bond acceptors (Lipinski definition) is 1. The lowest BCUT2D eigenvalue weighted by Gasteiger charge is -2.18. The molecule has 1 aromatic rings. The zero-order valence-electron chi connectivity index (χ0n) is 12.2. The Bertz CT molecular complexity index is 366. The van der Waals surface area contributed by atoms with Gasteiger partial charge in [-0.05, 0) is 61.9 Å². The second-order valence-electron chi connectivity index (χ2n) is 5.59. The lowest BCUT2D eigenvalue weighted by Crippen LogP contribution is -2.24. The Morgan fingerprint density at radius 3 is 2.12 bits per heavy atom. The Morgan fingerprint density at radius 1 is 0.941 bits per heavy atom. The molecule has 0 aromatic heterocycles. The quantitative estimate of drug-likeness (QED) is 0.807. The van der Waals surface area contributed by atoms with E-state index < -0.39 is 0 Å². The van der Waals surface area contributed by atoms with E-state index in [0.29, 0.717) is 12.0 Å². The molecule has 1 heteroatoms. The molecule has 17 heavy (non-hydrogen) atoms. The predicted molar refractivity (Wildman–Crippen MR) is 76.8 cm³/mol. The van der Waals surface area contributed by atoms with Crippen LogP contribution in [0.15, 0.2) is 12.1 Å². The van der Waals surface area contributed by atoms with Gasteiger partial charge in [0.2, 0.25) is 0 Å². The van der Waals surface area contributed by atoms with Crippen LogP contribution in [0, 0.1) is 20.8 Å². The molecule has 0 amide bonds. The highest BCUT2D eigenvalue weighted by Gasteiger charge is 2.10. The van der Waals surface area contributed by atoms with Crippen LogP contribution in [0.1, 0.15) is 55.4 Å². The maximum absolute atomic E-state index is 3.49. The summed E-state index contributed by atoms with van der Waals surface area (Å²) in [5.41, 5.74) is 5.76. The van der Waals surface area contributed by atoms with Crippen LogP contribution >= 0.6 is 0 Å². The van der Waals surface area contributed by atoms with Crippen LogP contribution in [0.25, 0.3) is 0 Å². The van der Waals surface area contributed by atoms with Crippen LogP contribution in [0.4, 0.5) is 0 Å². The molecule has 1 atom stereocenters. The molecule has 0 aliphatic rings. The summed E-state index contributed by atoms with van der Waals surface area (Å²) in [5.74, 6) is 0.639. The van der Waals surface area contributed by atoms with Gasteiger partial charge in [0.05, 0.1) is 0 Å². The van der Waals surface area contributed by atoms with Gasteiger partial charge in [-0.25, -0.2) is 0 Å². The van der Waals surface area contributed by atoms with Crippen molar-refractivity contribution in [3.8, 4) is 0 Å². The van der Waals surface area contributed by atoms with E-state index in [2.05, 4.69) is 59.0 Å². The first-order valence-corrected chi connectivity index (χ1v) is 6.73. The van der Waals surface area contributed by atoms with Crippen molar-refractivity contribution < 1.29 is 0 Å². The van der Waals surface area contributed by atoms with Crippen molar-refractivity contribution in [2.45, 2.75) is 59.9 Å². The molecule has 0 aliphatic carbocycles. The summed E-state index contributed by atoms with van der Waals surface area (Å²) in [6.45, 7) is 14.5. The molecule has 1 rings (SSSR count).